The van der Waals surface area contributed by atoms with Crippen LogP contribution >= 0.6 is 12.4 Å². The summed E-state index contributed by atoms with van der Waals surface area (Å²) < 4.78 is 21.1. The molecular formula is C18H22ClFN4O4. The van der Waals surface area contributed by atoms with Gasteiger partial charge in [0, 0.05) is 32.2 Å². The van der Waals surface area contributed by atoms with Gasteiger partial charge in [-0.25, -0.2) is 14.2 Å². The summed E-state index contributed by atoms with van der Waals surface area (Å²) in [6.45, 7) is 6.03. The molecule has 1 aliphatic heterocycles. The van der Waals surface area contributed by atoms with E-state index in [1.165, 1.54) is 6.20 Å². The number of likely N-dealkylation sites (N-methyl/N-ethyl adjacent to an activating group) is 1. The van der Waals surface area contributed by atoms with Crippen LogP contribution in [0, 0.1) is 5.82 Å². The number of piperazine rings is 1. The van der Waals surface area contributed by atoms with Crippen LogP contribution in [0.2, 0.25) is 0 Å². The van der Waals surface area contributed by atoms with Crippen molar-refractivity contribution in [2.75, 3.05) is 37.6 Å². The molecule has 0 atom stereocenters. The predicted molar refractivity (Wildman–Crippen MR) is 104 cm³/mol. The number of anilines is 1. The Balaban J connectivity index is 0.00000225. The number of hydrogen-bond donors (Lipinski definition) is 1. The van der Waals surface area contributed by atoms with Gasteiger partial charge in [0.2, 0.25) is 5.43 Å². The molecule has 2 fully saturated rings. The molecule has 3 heterocycles. The van der Waals surface area contributed by atoms with E-state index in [-0.39, 0.29) is 35.4 Å². The fourth-order valence-corrected chi connectivity index (χ4v) is 3.51. The van der Waals surface area contributed by atoms with Crippen LogP contribution in [0.1, 0.15) is 25.8 Å². The highest BCUT2D eigenvalue weighted by Crippen LogP contribution is 2.38. The van der Waals surface area contributed by atoms with Gasteiger partial charge in [-0.1, -0.05) is 6.92 Å². The maximum absolute atomic E-state index is 14.8. The third-order valence-corrected chi connectivity index (χ3v) is 5.16. The number of fused-ring (bicyclic) bond motifs is 1. The number of carboxylic acid groups (broad SMARTS) is 1. The molecule has 1 saturated carbocycles. The molecule has 1 saturated heterocycles. The molecule has 0 aromatic carbocycles. The van der Waals surface area contributed by atoms with Gasteiger partial charge in [0.25, 0.3) is 0 Å². The molecule has 1 N–H and O–H groups in total. The number of halogens is 2. The lowest BCUT2D eigenvalue weighted by Crippen LogP contribution is -2.46. The second-order valence-corrected chi connectivity index (χ2v) is 6.92. The molecule has 0 amide bonds. The second kappa shape index (κ2) is 7.92. The lowest BCUT2D eigenvalue weighted by molar-refractivity contribution is 0.143. The highest BCUT2D eigenvalue weighted by Gasteiger charge is 2.29. The van der Waals surface area contributed by atoms with Gasteiger partial charge in [0.1, 0.15) is 5.65 Å². The van der Waals surface area contributed by atoms with E-state index in [9.17, 15) is 14.0 Å². The minimum atomic E-state index is -1.58. The van der Waals surface area contributed by atoms with Gasteiger partial charge in [0.05, 0.1) is 11.6 Å². The zero-order valence-corrected chi connectivity index (χ0v) is 16.2. The van der Waals surface area contributed by atoms with Crippen LogP contribution in [0.25, 0.3) is 11.0 Å². The minimum Gasteiger partial charge on any atom is -0.449 e. The third kappa shape index (κ3) is 3.77. The Morgan fingerprint density at radius 2 is 2.00 bits per heavy atom. The van der Waals surface area contributed by atoms with Gasteiger partial charge in [-0.05, 0) is 25.5 Å². The van der Waals surface area contributed by atoms with Crippen molar-refractivity contribution in [1.29, 1.82) is 0 Å². The van der Waals surface area contributed by atoms with Gasteiger partial charge < -0.3 is 24.2 Å². The molecule has 28 heavy (non-hydrogen) atoms. The molecule has 152 valence electrons. The van der Waals surface area contributed by atoms with E-state index >= 15 is 0 Å². The zero-order valence-electron chi connectivity index (χ0n) is 15.4. The van der Waals surface area contributed by atoms with E-state index in [0.717, 1.165) is 38.5 Å². The first-order chi connectivity index (χ1) is 13.0. The Kier molecular flexibility index (Phi) is 5.76. The Bertz CT molecular complexity index is 955. The summed E-state index contributed by atoms with van der Waals surface area (Å²) in [5.74, 6) is -0.675. The smallest absolute Gasteiger partial charge is 0.449 e. The monoisotopic (exact) mass is 412 g/mol. The summed E-state index contributed by atoms with van der Waals surface area (Å²) in [5.41, 5.74) is -0.299. The Morgan fingerprint density at radius 3 is 2.57 bits per heavy atom. The number of carbonyl (C=O) groups is 1. The summed E-state index contributed by atoms with van der Waals surface area (Å²) in [6, 6.07) is 1.27. The zero-order chi connectivity index (χ0) is 19.1. The molecule has 10 heteroatoms. The van der Waals surface area contributed by atoms with Crippen LogP contribution in [0.4, 0.5) is 15.0 Å². The highest BCUT2D eigenvalue weighted by atomic mass is 35.5. The van der Waals surface area contributed by atoms with Crippen molar-refractivity contribution in [2.45, 2.75) is 25.8 Å². The minimum absolute atomic E-state index is 0. The van der Waals surface area contributed by atoms with Crippen molar-refractivity contribution >= 4 is 35.4 Å². The summed E-state index contributed by atoms with van der Waals surface area (Å²) in [5, 5.41) is 8.88. The van der Waals surface area contributed by atoms with Crippen molar-refractivity contribution in [1.82, 2.24) is 14.5 Å². The molecule has 2 aromatic rings. The molecule has 2 aromatic heterocycles. The fourth-order valence-electron chi connectivity index (χ4n) is 3.51. The second-order valence-electron chi connectivity index (χ2n) is 6.92. The van der Waals surface area contributed by atoms with E-state index in [0.29, 0.717) is 18.7 Å². The van der Waals surface area contributed by atoms with Crippen molar-refractivity contribution in [2.24, 2.45) is 0 Å². The van der Waals surface area contributed by atoms with Crippen molar-refractivity contribution < 1.29 is 19.0 Å². The number of aromatic nitrogens is 2. The van der Waals surface area contributed by atoms with Crippen molar-refractivity contribution in [3.63, 3.8) is 0 Å². The quantitative estimate of drug-likeness (QED) is 0.772. The summed E-state index contributed by atoms with van der Waals surface area (Å²) in [7, 11) is 0. The maximum Gasteiger partial charge on any atom is 0.511 e. The van der Waals surface area contributed by atoms with Crippen molar-refractivity contribution in [3.8, 4) is 5.75 Å². The lowest BCUT2D eigenvalue weighted by atomic mass is 10.2. The summed E-state index contributed by atoms with van der Waals surface area (Å²) >= 11 is 0. The number of hydrogen-bond acceptors (Lipinski definition) is 6. The average Bonchev–Trinajstić information content (AvgIpc) is 3.49. The van der Waals surface area contributed by atoms with E-state index in [2.05, 4.69) is 21.5 Å². The van der Waals surface area contributed by atoms with E-state index in [1.54, 1.807) is 4.57 Å². The first kappa shape index (κ1) is 20.3. The molecule has 2 aliphatic rings. The first-order valence-electron chi connectivity index (χ1n) is 9.11. The van der Waals surface area contributed by atoms with Gasteiger partial charge in [-0.3, -0.25) is 4.79 Å². The largest absolute Gasteiger partial charge is 0.511 e. The Morgan fingerprint density at radius 1 is 1.32 bits per heavy atom. The SMILES string of the molecule is CCN1CCN(c2nc3c(cc2F)c(=O)c(OC(=O)O)cn3C2CC2)CC1.Cl. The summed E-state index contributed by atoms with van der Waals surface area (Å²) in [4.78, 5) is 32.1. The number of rotatable bonds is 4. The number of ether oxygens (including phenoxy) is 1. The lowest BCUT2D eigenvalue weighted by Gasteiger charge is -2.35. The fraction of sp³-hybridized carbons (Fsp3) is 0.500. The molecule has 0 radical (unpaired) electrons. The van der Waals surface area contributed by atoms with E-state index < -0.39 is 17.4 Å². The number of pyridine rings is 2. The van der Waals surface area contributed by atoms with Crippen LogP contribution < -0.4 is 15.1 Å². The van der Waals surface area contributed by atoms with Crippen molar-refractivity contribution in [3.05, 3.63) is 28.3 Å². The normalized spacial score (nSPS) is 17.4. The van der Waals surface area contributed by atoms with Crippen LogP contribution in [-0.4, -0.2) is 58.4 Å². The molecule has 8 nitrogen and oxygen atoms in total. The Hall–Kier alpha value is -2.39. The molecule has 0 spiro atoms. The van der Waals surface area contributed by atoms with Gasteiger partial charge in [0.15, 0.2) is 17.4 Å². The average molecular weight is 413 g/mol. The maximum atomic E-state index is 14.8. The van der Waals surface area contributed by atoms with E-state index in [4.69, 9.17) is 5.11 Å². The topological polar surface area (TPSA) is 87.9 Å². The van der Waals surface area contributed by atoms with Crippen LogP contribution in [-0.2, 0) is 0 Å². The van der Waals surface area contributed by atoms with Crippen LogP contribution in [0.3, 0.4) is 0 Å². The molecular weight excluding hydrogens is 391 g/mol. The highest BCUT2D eigenvalue weighted by molar-refractivity contribution is 5.85. The third-order valence-electron chi connectivity index (χ3n) is 5.16. The first-order valence-corrected chi connectivity index (χ1v) is 9.11. The van der Waals surface area contributed by atoms with E-state index in [1.807, 2.05) is 4.90 Å². The molecule has 0 unspecified atom stereocenters. The van der Waals surface area contributed by atoms with Gasteiger partial charge in [-0.2, -0.15) is 0 Å². The predicted octanol–water partition coefficient (Wildman–Crippen LogP) is 2.49. The Labute approximate surface area is 166 Å². The molecule has 1 aliphatic carbocycles. The summed E-state index contributed by atoms with van der Waals surface area (Å²) in [6.07, 6.45) is 1.59. The number of nitrogens with zero attached hydrogens (tertiary/aromatic N) is 4. The van der Waals surface area contributed by atoms with Gasteiger partial charge in [-0.15, -0.1) is 12.4 Å². The van der Waals surface area contributed by atoms with Crippen LogP contribution in [0.15, 0.2) is 17.1 Å². The molecule has 0 bridgehead atoms. The molecule has 4 rings (SSSR count). The standard InChI is InChI=1S/C18H21FN4O4.ClH/c1-2-21-5-7-22(8-6-21)17-13(19)9-12-15(24)14(27-18(25)26)10-23(11-3-4-11)16(12)20-17;/h9-11H,2-8H2,1H3,(H,25,26);1H. The van der Waals surface area contributed by atoms with Gasteiger partial charge >= 0.3 is 6.16 Å². The van der Waals surface area contributed by atoms with Crippen LogP contribution in [0.5, 0.6) is 5.75 Å².